The van der Waals surface area contributed by atoms with E-state index in [1.54, 1.807) is 7.11 Å². The molecule has 2 nitrogen and oxygen atoms in total. The fourth-order valence-corrected chi connectivity index (χ4v) is 2.56. The van der Waals surface area contributed by atoms with E-state index in [0.717, 1.165) is 12.8 Å². The second-order valence-corrected chi connectivity index (χ2v) is 4.45. The molecule has 1 aliphatic carbocycles. The van der Waals surface area contributed by atoms with Crippen LogP contribution in [0.1, 0.15) is 36.8 Å². The number of ether oxygens (including phenoxy) is 1. The summed E-state index contributed by atoms with van der Waals surface area (Å²) < 4.78 is 5.22. The lowest BCUT2D eigenvalue weighted by molar-refractivity contribution is 0.182. The standard InChI is InChI=1S/C13H19NO/c1-15-10-11-6-2-3-7-12(11)13(14)8-4-5-9-13/h2-3,6-7H,4-5,8-10,14H2,1H3. The average molecular weight is 205 g/mol. The summed E-state index contributed by atoms with van der Waals surface area (Å²) in [4.78, 5) is 0. The fourth-order valence-electron chi connectivity index (χ4n) is 2.56. The minimum atomic E-state index is -0.102. The summed E-state index contributed by atoms with van der Waals surface area (Å²) in [5.74, 6) is 0. The van der Waals surface area contributed by atoms with Gasteiger partial charge < -0.3 is 10.5 Å². The summed E-state index contributed by atoms with van der Waals surface area (Å²) in [6, 6.07) is 8.39. The van der Waals surface area contributed by atoms with Crippen LogP contribution in [0.2, 0.25) is 0 Å². The molecular weight excluding hydrogens is 186 g/mol. The maximum absolute atomic E-state index is 6.46. The van der Waals surface area contributed by atoms with E-state index >= 15 is 0 Å². The van der Waals surface area contributed by atoms with Crippen LogP contribution in [-0.2, 0) is 16.9 Å². The molecule has 0 aliphatic heterocycles. The predicted molar refractivity (Wildman–Crippen MR) is 61.5 cm³/mol. The van der Waals surface area contributed by atoms with Gasteiger partial charge in [-0.3, -0.25) is 0 Å². The molecule has 1 saturated carbocycles. The van der Waals surface area contributed by atoms with E-state index in [1.807, 2.05) is 0 Å². The third-order valence-electron chi connectivity index (χ3n) is 3.35. The van der Waals surface area contributed by atoms with Crippen LogP contribution in [0.3, 0.4) is 0 Å². The van der Waals surface area contributed by atoms with Gasteiger partial charge in [-0.25, -0.2) is 0 Å². The summed E-state index contributed by atoms with van der Waals surface area (Å²) in [6.45, 7) is 0.662. The topological polar surface area (TPSA) is 35.2 Å². The van der Waals surface area contributed by atoms with E-state index in [9.17, 15) is 0 Å². The molecule has 0 spiro atoms. The molecule has 0 radical (unpaired) electrons. The molecule has 1 aromatic rings. The largest absolute Gasteiger partial charge is 0.380 e. The molecular formula is C13H19NO. The van der Waals surface area contributed by atoms with Gasteiger partial charge in [-0.2, -0.15) is 0 Å². The highest BCUT2D eigenvalue weighted by atomic mass is 16.5. The van der Waals surface area contributed by atoms with Crippen LogP contribution in [0.25, 0.3) is 0 Å². The Labute approximate surface area is 91.4 Å². The van der Waals surface area contributed by atoms with E-state index in [-0.39, 0.29) is 5.54 Å². The number of nitrogens with two attached hydrogens (primary N) is 1. The van der Waals surface area contributed by atoms with Crippen molar-refractivity contribution in [1.82, 2.24) is 0 Å². The van der Waals surface area contributed by atoms with Crippen molar-refractivity contribution in [3.05, 3.63) is 35.4 Å². The van der Waals surface area contributed by atoms with Gasteiger partial charge in [0.05, 0.1) is 6.61 Å². The van der Waals surface area contributed by atoms with Gasteiger partial charge in [-0.05, 0) is 24.0 Å². The van der Waals surface area contributed by atoms with Crippen molar-refractivity contribution in [3.63, 3.8) is 0 Å². The van der Waals surface area contributed by atoms with Crippen molar-refractivity contribution in [1.29, 1.82) is 0 Å². The van der Waals surface area contributed by atoms with Crippen molar-refractivity contribution in [2.24, 2.45) is 5.73 Å². The van der Waals surface area contributed by atoms with Gasteiger partial charge in [0.1, 0.15) is 0 Å². The van der Waals surface area contributed by atoms with Gasteiger partial charge in [0.2, 0.25) is 0 Å². The number of methoxy groups -OCH3 is 1. The summed E-state index contributed by atoms with van der Waals surface area (Å²) >= 11 is 0. The Morgan fingerprint density at radius 2 is 1.93 bits per heavy atom. The van der Waals surface area contributed by atoms with Crippen LogP contribution in [-0.4, -0.2) is 7.11 Å². The first-order chi connectivity index (χ1) is 7.26. The third-order valence-corrected chi connectivity index (χ3v) is 3.35. The molecule has 1 fully saturated rings. The van der Waals surface area contributed by atoms with E-state index in [4.69, 9.17) is 10.5 Å². The SMILES string of the molecule is COCc1ccccc1C1(N)CCCC1. The maximum atomic E-state index is 6.46. The molecule has 0 unspecified atom stereocenters. The zero-order chi connectivity index (χ0) is 10.7. The lowest BCUT2D eigenvalue weighted by Gasteiger charge is -2.26. The molecule has 2 N–H and O–H groups in total. The van der Waals surface area contributed by atoms with Crippen molar-refractivity contribution >= 4 is 0 Å². The Morgan fingerprint density at radius 3 is 2.60 bits per heavy atom. The second kappa shape index (κ2) is 4.33. The first-order valence-electron chi connectivity index (χ1n) is 5.62. The monoisotopic (exact) mass is 205 g/mol. The first-order valence-corrected chi connectivity index (χ1v) is 5.62. The Balaban J connectivity index is 2.33. The molecule has 2 rings (SSSR count). The zero-order valence-electron chi connectivity index (χ0n) is 9.33. The highest BCUT2D eigenvalue weighted by Crippen LogP contribution is 2.37. The van der Waals surface area contributed by atoms with Crippen molar-refractivity contribution in [3.8, 4) is 0 Å². The van der Waals surface area contributed by atoms with E-state index in [0.29, 0.717) is 6.61 Å². The van der Waals surface area contributed by atoms with E-state index in [1.165, 1.54) is 24.0 Å². The molecule has 1 aliphatic rings. The molecule has 0 heterocycles. The lowest BCUT2D eigenvalue weighted by Crippen LogP contribution is -2.34. The highest BCUT2D eigenvalue weighted by molar-refractivity contribution is 5.33. The van der Waals surface area contributed by atoms with Crippen molar-refractivity contribution < 1.29 is 4.74 Å². The van der Waals surface area contributed by atoms with Crippen LogP contribution in [0, 0.1) is 0 Å². The normalized spacial score (nSPS) is 19.3. The minimum absolute atomic E-state index is 0.102. The maximum Gasteiger partial charge on any atom is 0.0716 e. The Hall–Kier alpha value is -0.860. The lowest BCUT2D eigenvalue weighted by atomic mass is 9.86. The van der Waals surface area contributed by atoms with Crippen molar-refractivity contribution in [2.75, 3.05) is 7.11 Å². The van der Waals surface area contributed by atoms with E-state index < -0.39 is 0 Å². The van der Waals surface area contributed by atoms with Crippen LogP contribution in [0.5, 0.6) is 0 Å². The molecule has 1 aromatic carbocycles. The van der Waals surface area contributed by atoms with Gasteiger partial charge in [0, 0.05) is 12.6 Å². The van der Waals surface area contributed by atoms with Crippen LogP contribution >= 0.6 is 0 Å². The van der Waals surface area contributed by atoms with Crippen LogP contribution in [0.4, 0.5) is 0 Å². The third kappa shape index (κ3) is 2.06. The number of hydrogen-bond donors (Lipinski definition) is 1. The fraction of sp³-hybridized carbons (Fsp3) is 0.538. The molecule has 0 aromatic heterocycles. The number of hydrogen-bond acceptors (Lipinski definition) is 2. The quantitative estimate of drug-likeness (QED) is 0.823. The molecule has 82 valence electrons. The predicted octanol–water partition coefficient (Wildman–Crippen LogP) is 2.56. The van der Waals surface area contributed by atoms with Gasteiger partial charge in [0.25, 0.3) is 0 Å². The minimum Gasteiger partial charge on any atom is -0.380 e. The van der Waals surface area contributed by atoms with Gasteiger partial charge in [-0.15, -0.1) is 0 Å². The molecule has 2 heteroatoms. The number of benzene rings is 1. The van der Waals surface area contributed by atoms with Crippen molar-refractivity contribution in [2.45, 2.75) is 37.8 Å². The van der Waals surface area contributed by atoms with Crippen LogP contribution < -0.4 is 5.73 Å². The number of rotatable bonds is 3. The van der Waals surface area contributed by atoms with Crippen LogP contribution in [0.15, 0.2) is 24.3 Å². The smallest absolute Gasteiger partial charge is 0.0716 e. The Bertz CT molecular complexity index is 329. The molecule has 0 atom stereocenters. The second-order valence-electron chi connectivity index (χ2n) is 4.45. The first kappa shape index (κ1) is 10.7. The Morgan fingerprint density at radius 1 is 1.27 bits per heavy atom. The average Bonchev–Trinajstić information content (AvgIpc) is 2.68. The van der Waals surface area contributed by atoms with Gasteiger partial charge >= 0.3 is 0 Å². The summed E-state index contributed by atoms with van der Waals surface area (Å²) in [5, 5.41) is 0. The molecule has 0 bridgehead atoms. The van der Waals surface area contributed by atoms with Gasteiger partial charge in [-0.1, -0.05) is 37.1 Å². The molecule has 0 amide bonds. The Kier molecular flexibility index (Phi) is 3.08. The van der Waals surface area contributed by atoms with Gasteiger partial charge in [0.15, 0.2) is 0 Å². The summed E-state index contributed by atoms with van der Waals surface area (Å²) in [7, 11) is 1.73. The molecule has 15 heavy (non-hydrogen) atoms. The van der Waals surface area contributed by atoms with E-state index in [2.05, 4.69) is 24.3 Å². The highest BCUT2D eigenvalue weighted by Gasteiger charge is 2.32. The zero-order valence-corrected chi connectivity index (χ0v) is 9.33. The summed E-state index contributed by atoms with van der Waals surface area (Å²) in [6.07, 6.45) is 4.71. The molecule has 0 saturated heterocycles. The summed E-state index contributed by atoms with van der Waals surface area (Å²) in [5.41, 5.74) is 8.88.